The predicted octanol–water partition coefficient (Wildman–Crippen LogP) is 4.13. The Hall–Kier alpha value is -2.82. The lowest BCUT2D eigenvalue weighted by atomic mass is 10.0. The third-order valence-electron chi connectivity index (χ3n) is 4.60. The molecule has 5 heteroatoms. The summed E-state index contributed by atoms with van der Waals surface area (Å²) in [4.78, 5) is 16.9. The van der Waals surface area contributed by atoms with E-state index in [-0.39, 0.29) is 11.7 Å². The van der Waals surface area contributed by atoms with E-state index in [0.717, 1.165) is 34.9 Å². The van der Waals surface area contributed by atoms with Gasteiger partial charge in [-0.25, -0.2) is 4.98 Å². The van der Waals surface area contributed by atoms with Crippen molar-refractivity contribution < 1.29 is 4.74 Å². The number of anilines is 1. The van der Waals surface area contributed by atoms with E-state index in [1.807, 2.05) is 32.0 Å². The number of aromatic nitrogens is 2. The highest BCUT2D eigenvalue weighted by atomic mass is 16.5. The van der Waals surface area contributed by atoms with E-state index >= 15 is 0 Å². The molecule has 134 valence electrons. The first kappa shape index (κ1) is 16.6. The molecule has 4 rings (SSSR count). The summed E-state index contributed by atoms with van der Waals surface area (Å²) in [5, 5.41) is 5.51. The van der Waals surface area contributed by atoms with Crippen molar-refractivity contribution in [1.29, 1.82) is 0 Å². The Morgan fingerprint density at radius 3 is 2.81 bits per heavy atom. The lowest BCUT2D eigenvalue weighted by Gasteiger charge is -2.17. The molecule has 1 aliphatic carbocycles. The highest BCUT2D eigenvalue weighted by Gasteiger charge is 2.25. The molecule has 1 N–H and O–H groups in total. The maximum atomic E-state index is 12.6. The number of nitrogens with one attached hydrogen (secondary N) is 1. The number of nitrogens with zero attached hydrogens (tertiary/aromatic N) is 2. The summed E-state index contributed by atoms with van der Waals surface area (Å²) in [5.41, 5.74) is 0.987. The van der Waals surface area contributed by atoms with Gasteiger partial charge in [0.15, 0.2) is 5.82 Å². The first-order valence-corrected chi connectivity index (χ1v) is 9.12. The quantitative estimate of drug-likeness (QED) is 0.727. The van der Waals surface area contributed by atoms with Gasteiger partial charge in [-0.1, -0.05) is 30.3 Å². The molecular weight excluding hydrogens is 326 g/mol. The van der Waals surface area contributed by atoms with E-state index in [0.29, 0.717) is 18.4 Å². The van der Waals surface area contributed by atoms with Crippen LogP contribution in [0.5, 0.6) is 5.75 Å². The number of hydrogen-bond acceptors (Lipinski definition) is 4. The van der Waals surface area contributed by atoms with Gasteiger partial charge in [0.25, 0.3) is 5.56 Å². The molecule has 26 heavy (non-hydrogen) atoms. The topological polar surface area (TPSA) is 56.1 Å². The molecule has 1 saturated carbocycles. The standard InChI is InChI=1S/C21H23N3O2/c1-14(2)26-19-10-7-15-5-3-4-6-17(15)18(19)13-23-20-21(25)24(12-11-22-20)16-8-9-16/h3-7,10-12,14,16H,8-9,13H2,1-2H3,(H,22,23). The summed E-state index contributed by atoms with van der Waals surface area (Å²) < 4.78 is 7.78. The second kappa shape index (κ2) is 6.83. The average molecular weight is 349 g/mol. The summed E-state index contributed by atoms with van der Waals surface area (Å²) in [5.74, 6) is 1.23. The molecule has 0 amide bonds. The Morgan fingerprint density at radius 2 is 2.04 bits per heavy atom. The van der Waals surface area contributed by atoms with Gasteiger partial charge in [-0.05, 0) is 43.5 Å². The highest BCUT2D eigenvalue weighted by molar-refractivity contribution is 5.88. The van der Waals surface area contributed by atoms with Crippen LogP contribution in [-0.4, -0.2) is 15.7 Å². The van der Waals surface area contributed by atoms with Crippen molar-refractivity contribution in [2.24, 2.45) is 0 Å². The number of rotatable bonds is 6. The Morgan fingerprint density at radius 1 is 1.23 bits per heavy atom. The maximum absolute atomic E-state index is 12.6. The molecule has 0 unspecified atom stereocenters. The summed E-state index contributed by atoms with van der Waals surface area (Å²) in [6, 6.07) is 12.6. The van der Waals surface area contributed by atoms with Crippen molar-refractivity contribution in [3.05, 3.63) is 64.7 Å². The van der Waals surface area contributed by atoms with Gasteiger partial charge < -0.3 is 14.6 Å². The second-order valence-corrected chi connectivity index (χ2v) is 7.00. The fraction of sp³-hybridized carbons (Fsp3) is 0.333. The van der Waals surface area contributed by atoms with Crippen LogP contribution < -0.4 is 15.6 Å². The third-order valence-corrected chi connectivity index (χ3v) is 4.60. The zero-order valence-electron chi connectivity index (χ0n) is 15.1. The van der Waals surface area contributed by atoms with Gasteiger partial charge in [-0.15, -0.1) is 0 Å². The number of benzene rings is 2. The van der Waals surface area contributed by atoms with Crippen molar-refractivity contribution in [3.63, 3.8) is 0 Å². The molecule has 5 nitrogen and oxygen atoms in total. The van der Waals surface area contributed by atoms with E-state index in [4.69, 9.17) is 4.74 Å². The van der Waals surface area contributed by atoms with Crippen molar-refractivity contribution in [1.82, 2.24) is 9.55 Å². The SMILES string of the molecule is CC(C)Oc1ccc2ccccc2c1CNc1nccn(C2CC2)c1=O. The maximum Gasteiger partial charge on any atom is 0.293 e. The summed E-state index contributed by atoms with van der Waals surface area (Å²) in [6.07, 6.45) is 5.68. The normalized spacial score (nSPS) is 14.0. The van der Waals surface area contributed by atoms with Crippen LogP contribution in [0.1, 0.15) is 38.3 Å². The minimum Gasteiger partial charge on any atom is -0.491 e. The Balaban J connectivity index is 1.68. The number of fused-ring (bicyclic) bond motifs is 1. The zero-order valence-corrected chi connectivity index (χ0v) is 15.1. The van der Waals surface area contributed by atoms with Crippen molar-refractivity contribution >= 4 is 16.6 Å². The van der Waals surface area contributed by atoms with Crippen LogP contribution in [0.4, 0.5) is 5.82 Å². The Bertz CT molecular complexity index is 990. The highest BCUT2D eigenvalue weighted by Crippen LogP contribution is 2.33. The minimum absolute atomic E-state index is 0.0541. The van der Waals surface area contributed by atoms with E-state index in [1.54, 1.807) is 17.0 Å². The summed E-state index contributed by atoms with van der Waals surface area (Å²) >= 11 is 0. The molecule has 1 heterocycles. The molecule has 0 atom stereocenters. The average Bonchev–Trinajstić information content (AvgIpc) is 3.46. The molecule has 0 saturated heterocycles. The van der Waals surface area contributed by atoms with Crippen LogP contribution in [0, 0.1) is 0 Å². The van der Waals surface area contributed by atoms with Gasteiger partial charge in [0.2, 0.25) is 0 Å². The summed E-state index contributed by atoms with van der Waals surface area (Å²) in [6.45, 7) is 4.51. The monoisotopic (exact) mass is 349 g/mol. The first-order chi connectivity index (χ1) is 12.6. The Labute approximate surface area is 152 Å². The lowest BCUT2D eigenvalue weighted by Crippen LogP contribution is -2.23. The van der Waals surface area contributed by atoms with E-state index in [2.05, 4.69) is 28.5 Å². The van der Waals surface area contributed by atoms with Crippen LogP contribution in [0.2, 0.25) is 0 Å². The largest absolute Gasteiger partial charge is 0.491 e. The zero-order chi connectivity index (χ0) is 18.1. The molecule has 0 aliphatic heterocycles. The van der Waals surface area contributed by atoms with Gasteiger partial charge in [0.1, 0.15) is 5.75 Å². The molecule has 3 aromatic rings. The Kier molecular flexibility index (Phi) is 4.37. The van der Waals surface area contributed by atoms with Crippen molar-refractivity contribution in [3.8, 4) is 5.75 Å². The molecular formula is C21H23N3O2. The molecule has 1 fully saturated rings. The lowest BCUT2D eigenvalue weighted by molar-refractivity contribution is 0.240. The van der Waals surface area contributed by atoms with Crippen LogP contribution in [-0.2, 0) is 6.54 Å². The molecule has 0 radical (unpaired) electrons. The van der Waals surface area contributed by atoms with Gasteiger partial charge in [-0.3, -0.25) is 4.79 Å². The smallest absolute Gasteiger partial charge is 0.293 e. The van der Waals surface area contributed by atoms with Gasteiger partial charge in [0, 0.05) is 30.5 Å². The summed E-state index contributed by atoms with van der Waals surface area (Å²) in [7, 11) is 0. The molecule has 1 aliphatic rings. The second-order valence-electron chi connectivity index (χ2n) is 7.00. The van der Waals surface area contributed by atoms with Gasteiger partial charge in [-0.2, -0.15) is 0 Å². The molecule has 0 spiro atoms. The van der Waals surface area contributed by atoms with Crippen LogP contribution in [0.15, 0.2) is 53.6 Å². The van der Waals surface area contributed by atoms with Crippen molar-refractivity contribution in [2.45, 2.75) is 45.4 Å². The van der Waals surface area contributed by atoms with Gasteiger partial charge in [0.05, 0.1) is 6.10 Å². The van der Waals surface area contributed by atoms with E-state index in [1.165, 1.54) is 0 Å². The molecule has 2 aromatic carbocycles. The fourth-order valence-electron chi connectivity index (χ4n) is 3.22. The van der Waals surface area contributed by atoms with Crippen LogP contribution in [0.3, 0.4) is 0 Å². The number of hydrogen-bond donors (Lipinski definition) is 1. The van der Waals surface area contributed by atoms with Crippen LogP contribution in [0.25, 0.3) is 10.8 Å². The predicted molar refractivity (Wildman–Crippen MR) is 104 cm³/mol. The van der Waals surface area contributed by atoms with Crippen molar-refractivity contribution in [2.75, 3.05) is 5.32 Å². The number of ether oxygens (including phenoxy) is 1. The van der Waals surface area contributed by atoms with Crippen LogP contribution >= 0.6 is 0 Å². The van der Waals surface area contributed by atoms with Gasteiger partial charge >= 0.3 is 0 Å². The van der Waals surface area contributed by atoms with E-state index in [9.17, 15) is 4.79 Å². The molecule has 0 bridgehead atoms. The first-order valence-electron chi connectivity index (χ1n) is 9.12. The third kappa shape index (κ3) is 3.29. The fourth-order valence-corrected chi connectivity index (χ4v) is 3.22. The molecule has 1 aromatic heterocycles. The van der Waals surface area contributed by atoms with E-state index < -0.39 is 0 Å². The minimum atomic E-state index is -0.0541.